The average Bonchev–Trinajstić information content (AvgIpc) is 2.95. The van der Waals surface area contributed by atoms with Crippen LogP contribution >= 0.6 is 11.6 Å². The predicted molar refractivity (Wildman–Crippen MR) is 166 cm³/mol. The summed E-state index contributed by atoms with van der Waals surface area (Å²) in [6.45, 7) is 3.88. The van der Waals surface area contributed by atoms with Crippen molar-refractivity contribution in [2.75, 3.05) is 37.9 Å². The number of nitrogens with zero attached hydrogens (tertiary/aromatic N) is 2. The van der Waals surface area contributed by atoms with Gasteiger partial charge in [-0.25, -0.2) is 8.42 Å². The van der Waals surface area contributed by atoms with Crippen molar-refractivity contribution in [1.82, 2.24) is 10.2 Å². The molecule has 1 atom stereocenters. The minimum atomic E-state index is -3.93. The van der Waals surface area contributed by atoms with Crippen LogP contribution in [0.4, 0.5) is 5.69 Å². The van der Waals surface area contributed by atoms with E-state index in [9.17, 15) is 18.0 Å². The maximum Gasteiger partial charge on any atom is 0.244 e. The Morgan fingerprint density at radius 3 is 2.17 bits per heavy atom. The van der Waals surface area contributed by atoms with Crippen molar-refractivity contribution < 1.29 is 27.5 Å². The highest BCUT2D eigenvalue weighted by molar-refractivity contribution is 7.92. The van der Waals surface area contributed by atoms with E-state index in [4.69, 9.17) is 21.1 Å². The zero-order valence-corrected chi connectivity index (χ0v) is 26.1. The van der Waals surface area contributed by atoms with Gasteiger partial charge in [0, 0.05) is 30.6 Å². The summed E-state index contributed by atoms with van der Waals surface area (Å²) < 4.78 is 37.6. The molecule has 42 heavy (non-hydrogen) atoms. The van der Waals surface area contributed by atoms with E-state index < -0.39 is 28.5 Å². The van der Waals surface area contributed by atoms with Crippen LogP contribution < -0.4 is 19.1 Å². The Kier molecular flexibility index (Phi) is 11.6. The highest BCUT2D eigenvalue weighted by atomic mass is 35.5. The number of rotatable bonds is 14. The van der Waals surface area contributed by atoms with Crippen LogP contribution in [-0.2, 0) is 32.6 Å². The number of halogens is 1. The number of ether oxygens (including phenoxy) is 2. The molecule has 226 valence electrons. The molecule has 0 fully saturated rings. The summed E-state index contributed by atoms with van der Waals surface area (Å²) in [6.07, 6.45) is 1.25. The molecule has 0 aliphatic heterocycles. The second-order valence-electron chi connectivity index (χ2n) is 10.3. The van der Waals surface area contributed by atoms with Crippen molar-refractivity contribution in [3.8, 4) is 11.5 Å². The van der Waals surface area contributed by atoms with Crippen LogP contribution in [0.25, 0.3) is 0 Å². The summed E-state index contributed by atoms with van der Waals surface area (Å²) in [5.74, 6) is 0.0141. The zero-order chi connectivity index (χ0) is 30.9. The summed E-state index contributed by atoms with van der Waals surface area (Å²) in [7, 11) is -1.02. The highest BCUT2D eigenvalue weighted by Gasteiger charge is 2.33. The smallest absolute Gasteiger partial charge is 0.244 e. The van der Waals surface area contributed by atoms with E-state index >= 15 is 0 Å². The van der Waals surface area contributed by atoms with Gasteiger partial charge in [-0.3, -0.25) is 13.9 Å². The van der Waals surface area contributed by atoms with Crippen LogP contribution in [0.3, 0.4) is 0 Å². The molecule has 11 heteroatoms. The number of methoxy groups -OCH3 is 2. The van der Waals surface area contributed by atoms with Gasteiger partial charge in [0.25, 0.3) is 0 Å². The zero-order valence-electron chi connectivity index (χ0n) is 24.5. The first kappa shape index (κ1) is 32.8. The molecule has 9 nitrogen and oxygen atoms in total. The maximum absolute atomic E-state index is 14.2. The maximum atomic E-state index is 14.2. The fraction of sp³-hybridized carbons (Fsp3) is 0.355. The Labute approximate surface area is 253 Å². The monoisotopic (exact) mass is 615 g/mol. The number of sulfonamides is 1. The number of hydrogen-bond acceptors (Lipinski definition) is 6. The molecule has 3 aromatic carbocycles. The molecule has 0 spiro atoms. The van der Waals surface area contributed by atoms with Crippen LogP contribution in [0.1, 0.15) is 25.0 Å². The van der Waals surface area contributed by atoms with E-state index in [1.54, 1.807) is 30.3 Å². The number of carbonyl (C=O) groups excluding carboxylic acids is 2. The van der Waals surface area contributed by atoms with Gasteiger partial charge in [-0.05, 0) is 41.3 Å². The van der Waals surface area contributed by atoms with Gasteiger partial charge in [-0.1, -0.05) is 67.9 Å². The molecular weight excluding hydrogens is 578 g/mol. The van der Waals surface area contributed by atoms with Gasteiger partial charge in [0.1, 0.15) is 12.6 Å². The van der Waals surface area contributed by atoms with Gasteiger partial charge in [0.05, 0.1) is 26.2 Å². The van der Waals surface area contributed by atoms with Crippen molar-refractivity contribution in [3.05, 3.63) is 88.9 Å². The molecule has 0 saturated carbocycles. The quantitative estimate of drug-likeness (QED) is 0.286. The van der Waals surface area contributed by atoms with Gasteiger partial charge in [0.15, 0.2) is 11.5 Å². The van der Waals surface area contributed by atoms with Gasteiger partial charge < -0.3 is 19.7 Å². The standard InChI is InChI=1S/C31H38ClN3O6S/c1-22(2)19-33-31(37)27(17-23-10-7-6-8-11-23)34(20-24-12-9-13-25(32)16-24)30(36)21-35(42(5,38)39)26-14-15-28(40-3)29(18-26)41-4/h6-16,18,22,27H,17,19-21H2,1-5H3,(H,33,37)/t27-/m0/s1. The van der Waals surface area contributed by atoms with Gasteiger partial charge >= 0.3 is 0 Å². The first-order valence-electron chi connectivity index (χ1n) is 13.5. The lowest BCUT2D eigenvalue weighted by Gasteiger charge is -2.33. The molecule has 0 radical (unpaired) electrons. The van der Waals surface area contributed by atoms with E-state index in [0.717, 1.165) is 16.1 Å². The number of nitrogens with one attached hydrogen (secondary N) is 1. The van der Waals surface area contributed by atoms with Crippen molar-refractivity contribution in [3.63, 3.8) is 0 Å². The topological polar surface area (TPSA) is 105 Å². The second-order valence-corrected chi connectivity index (χ2v) is 12.6. The summed E-state index contributed by atoms with van der Waals surface area (Å²) in [6, 6.07) is 20.0. The van der Waals surface area contributed by atoms with Crippen LogP contribution in [0, 0.1) is 5.92 Å². The third-order valence-electron chi connectivity index (χ3n) is 6.53. The van der Waals surface area contributed by atoms with Crippen LogP contribution in [0.5, 0.6) is 11.5 Å². The Morgan fingerprint density at radius 2 is 1.57 bits per heavy atom. The highest BCUT2D eigenvalue weighted by Crippen LogP contribution is 2.32. The van der Waals surface area contributed by atoms with Crippen LogP contribution in [0.2, 0.25) is 5.02 Å². The molecular formula is C31H38ClN3O6S. The SMILES string of the molecule is COc1ccc(N(CC(=O)N(Cc2cccc(Cl)c2)[C@@H](Cc2ccccc2)C(=O)NCC(C)C)S(C)(=O)=O)cc1OC. The first-order chi connectivity index (χ1) is 19.9. The van der Waals surface area contributed by atoms with E-state index in [1.165, 1.54) is 31.3 Å². The summed E-state index contributed by atoms with van der Waals surface area (Å²) >= 11 is 6.25. The molecule has 0 aliphatic rings. The Bertz CT molecular complexity index is 1470. The molecule has 0 aliphatic carbocycles. The molecule has 3 aromatic rings. The van der Waals surface area contributed by atoms with Crippen LogP contribution in [0.15, 0.2) is 72.8 Å². The molecule has 0 heterocycles. The van der Waals surface area contributed by atoms with E-state index in [-0.39, 0.29) is 30.5 Å². The van der Waals surface area contributed by atoms with Crippen molar-refractivity contribution >= 4 is 39.1 Å². The van der Waals surface area contributed by atoms with Gasteiger partial charge in [0.2, 0.25) is 21.8 Å². The van der Waals surface area contributed by atoms with E-state index in [2.05, 4.69) is 5.32 Å². The number of benzene rings is 3. The van der Waals surface area contributed by atoms with Crippen molar-refractivity contribution in [2.24, 2.45) is 5.92 Å². The van der Waals surface area contributed by atoms with E-state index in [1.807, 2.05) is 44.2 Å². The average molecular weight is 616 g/mol. The lowest BCUT2D eigenvalue weighted by atomic mass is 10.0. The first-order valence-corrected chi connectivity index (χ1v) is 15.7. The lowest BCUT2D eigenvalue weighted by molar-refractivity contribution is -0.140. The largest absolute Gasteiger partial charge is 0.493 e. The lowest BCUT2D eigenvalue weighted by Crippen LogP contribution is -2.53. The van der Waals surface area contributed by atoms with Crippen LogP contribution in [-0.4, -0.2) is 64.7 Å². The second kappa shape index (κ2) is 14.9. The normalized spacial score (nSPS) is 12.0. The summed E-state index contributed by atoms with van der Waals surface area (Å²) in [5, 5.41) is 3.44. The number of hydrogen-bond donors (Lipinski definition) is 1. The molecule has 0 bridgehead atoms. The summed E-state index contributed by atoms with van der Waals surface area (Å²) in [5.41, 5.74) is 1.77. The fourth-order valence-corrected chi connectivity index (χ4v) is 5.46. The Morgan fingerprint density at radius 1 is 0.905 bits per heavy atom. The Hall–Kier alpha value is -3.76. The summed E-state index contributed by atoms with van der Waals surface area (Å²) in [4.78, 5) is 29.3. The minimum Gasteiger partial charge on any atom is -0.493 e. The van der Waals surface area contributed by atoms with Gasteiger partial charge in [-0.15, -0.1) is 0 Å². The molecule has 0 saturated heterocycles. The van der Waals surface area contributed by atoms with Gasteiger partial charge in [-0.2, -0.15) is 0 Å². The number of carbonyl (C=O) groups is 2. The van der Waals surface area contributed by atoms with E-state index in [0.29, 0.717) is 28.6 Å². The fourth-order valence-electron chi connectivity index (χ4n) is 4.40. The number of amides is 2. The minimum absolute atomic E-state index is 0.0372. The van der Waals surface area contributed by atoms with Crippen molar-refractivity contribution in [2.45, 2.75) is 32.9 Å². The number of anilines is 1. The Balaban J connectivity index is 2.07. The molecule has 1 N–H and O–H groups in total. The molecule has 2 amide bonds. The third-order valence-corrected chi connectivity index (χ3v) is 7.91. The molecule has 3 rings (SSSR count). The predicted octanol–water partition coefficient (Wildman–Crippen LogP) is 4.54. The molecule has 0 unspecified atom stereocenters. The molecule has 0 aromatic heterocycles. The van der Waals surface area contributed by atoms with Crippen molar-refractivity contribution in [1.29, 1.82) is 0 Å². The third kappa shape index (κ3) is 9.12.